The van der Waals surface area contributed by atoms with Gasteiger partial charge in [-0.25, -0.2) is 0 Å². The summed E-state index contributed by atoms with van der Waals surface area (Å²) in [4.78, 5) is 8.20. The summed E-state index contributed by atoms with van der Waals surface area (Å²) in [6, 6.07) is 5.15. The molecule has 0 saturated heterocycles. The van der Waals surface area contributed by atoms with Crippen molar-refractivity contribution in [2.24, 2.45) is 0 Å². The predicted octanol–water partition coefficient (Wildman–Crippen LogP) is 3.15. The Morgan fingerprint density at radius 1 is 1.18 bits per heavy atom. The summed E-state index contributed by atoms with van der Waals surface area (Å²) >= 11 is 0. The molecule has 90 valence electrons. The maximum atomic E-state index is 12.9. The molecule has 0 atom stereocenters. The number of hydrogen-bond donors (Lipinski definition) is 0. The zero-order valence-electron chi connectivity index (χ0n) is 9.36. The minimum Gasteiger partial charge on any atom is -0.316 e. The Hall–Kier alpha value is -1.62. The van der Waals surface area contributed by atoms with Crippen molar-refractivity contribution in [1.29, 1.82) is 0 Å². The number of rotatable bonds is 4. The molecule has 0 amide bonds. The van der Waals surface area contributed by atoms with Gasteiger partial charge in [-0.2, -0.15) is 8.78 Å². The van der Waals surface area contributed by atoms with Crippen LogP contribution in [0.4, 0.5) is 8.78 Å². The third-order valence-corrected chi connectivity index (χ3v) is 2.40. The summed E-state index contributed by atoms with van der Waals surface area (Å²) in [6.45, 7) is 1.25. The lowest BCUT2D eigenvalue weighted by Crippen LogP contribution is -2.18. The van der Waals surface area contributed by atoms with E-state index in [1.54, 1.807) is 30.6 Å². The average molecular weight is 238 g/mol. The number of hydrogen-bond acceptors (Lipinski definition) is 3. The van der Waals surface area contributed by atoms with Gasteiger partial charge in [-0.1, -0.05) is 13.0 Å². The molecule has 1 aromatic heterocycles. The van der Waals surface area contributed by atoms with Crippen molar-refractivity contribution in [3.8, 4) is 0 Å². The van der Waals surface area contributed by atoms with Gasteiger partial charge in [0.05, 0.1) is 17.6 Å². The van der Waals surface area contributed by atoms with Crippen molar-refractivity contribution >= 4 is 11.0 Å². The average Bonchev–Trinajstić information content (AvgIpc) is 2.36. The molecule has 0 radical (unpaired) electrons. The fraction of sp³-hybridized carbons (Fsp3) is 0.333. The van der Waals surface area contributed by atoms with Crippen molar-refractivity contribution in [3.05, 3.63) is 36.2 Å². The highest BCUT2D eigenvalue weighted by Gasteiger charge is 2.26. The molecule has 1 heterocycles. The zero-order chi connectivity index (χ0) is 12.3. The van der Waals surface area contributed by atoms with Crippen LogP contribution in [0.1, 0.15) is 18.9 Å². The van der Waals surface area contributed by atoms with Crippen LogP contribution in [-0.2, 0) is 11.3 Å². The van der Waals surface area contributed by atoms with Crippen molar-refractivity contribution in [1.82, 2.24) is 9.97 Å². The molecule has 0 aliphatic carbocycles. The number of ether oxygens (including phenoxy) is 1. The molecule has 0 unspecified atom stereocenters. The monoisotopic (exact) mass is 238 g/mol. The Morgan fingerprint density at radius 2 is 1.88 bits per heavy atom. The zero-order valence-corrected chi connectivity index (χ0v) is 9.36. The summed E-state index contributed by atoms with van der Waals surface area (Å²) in [5.41, 5.74) is 2.07. The van der Waals surface area contributed by atoms with E-state index in [0.717, 1.165) is 5.52 Å². The summed E-state index contributed by atoms with van der Waals surface area (Å²) < 4.78 is 30.3. The first-order valence-electron chi connectivity index (χ1n) is 5.32. The van der Waals surface area contributed by atoms with E-state index in [-0.39, 0.29) is 13.0 Å². The van der Waals surface area contributed by atoms with Gasteiger partial charge in [-0.3, -0.25) is 9.97 Å². The Balaban J connectivity index is 2.14. The van der Waals surface area contributed by atoms with Crippen molar-refractivity contribution < 1.29 is 13.5 Å². The second-order valence-corrected chi connectivity index (χ2v) is 3.66. The molecule has 0 aliphatic heterocycles. The first kappa shape index (κ1) is 11.9. The van der Waals surface area contributed by atoms with Gasteiger partial charge >= 0.3 is 6.11 Å². The molecule has 2 rings (SSSR count). The van der Waals surface area contributed by atoms with Crippen LogP contribution in [0.5, 0.6) is 0 Å². The quantitative estimate of drug-likeness (QED) is 0.820. The van der Waals surface area contributed by atoms with E-state index in [4.69, 9.17) is 0 Å². The van der Waals surface area contributed by atoms with E-state index in [1.807, 2.05) is 0 Å². The van der Waals surface area contributed by atoms with Crippen molar-refractivity contribution in [3.63, 3.8) is 0 Å². The van der Waals surface area contributed by atoms with Gasteiger partial charge in [-0.15, -0.1) is 0 Å². The van der Waals surface area contributed by atoms with Crippen LogP contribution in [0.25, 0.3) is 11.0 Å². The van der Waals surface area contributed by atoms with Crippen LogP contribution >= 0.6 is 0 Å². The van der Waals surface area contributed by atoms with Crippen LogP contribution < -0.4 is 0 Å². The lowest BCUT2D eigenvalue weighted by Gasteiger charge is -2.14. The molecule has 1 aromatic carbocycles. The standard InChI is InChI=1S/C12H12F2N2O/c1-2-12(13,14)17-8-9-3-4-10-11(7-9)16-6-5-15-10/h3-7H,2,8H2,1H3. The fourth-order valence-electron chi connectivity index (χ4n) is 1.39. The van der Waals surface area contributed by atoms with E-state index < -0.39 is 6.11 Å². The van der Waals surface area contributed by atoms with Crippen LogP contribution in [0.3, 0.4) is 0 Å². The minimum absolute atomic E-state index is 0.132. The normalized spacial score (nSPS) is 11.9. The molecule has 3 nitrogen and oxygen atoms in total. The third kappa shape index (κ3) is 2.94. The number of fused-ring (bicyclic) bond motifs is 1. The molecule has 2 aromatic rings. The molecular formula is C12H12F2N2O. The number of halogens is 2. The lowest BCUT2D eigenvalue weighted by atomic mass is 10.2. The van der Waals surface area contributed by atoms with Crippen molar-refractivity contribution in [2.45, 2.75) is 26.1 Å². The van der Waals surface area contributed by atoms with E-state index in [1.165, 1.54) is 6.92 Å². The maximum absolute atomic E-state index is 12.9. The largest absolute Gasteiger partial charge is 0.355 e. The van der Waals surface area contributed by atoms with Crippen LogP contribution in [0.2, 0.25) is 0 Å². The summed E-state index contributed by atoms with van der Waals surface area (Å²) in [5.74, 6) is 0. The maximum Gasteiger partial charge on any atom is 0.355 e. The molecule has 0 N–H and O–H groups in total. The first-order chi connectivity index (χ1) is 8.11. The van der Waals surface area contributed by atoms with Gasteiger partial charge in [-0.05, 0) is 17.7 Å². The highest BCUT2D eigenvalue weighted by Crippen LogP contribution is 2.22. The molecule has 0 spiro atoms. The van der Waals surface area contributed by atoms with E-state index in [2.05, 4.69) is 14.7 Å². The minimum atomic E-state index is -3.07. The number of alkyl halides is 2. The number of aromatic nitrogens is 2. The van der Waals surface area contributed by atoms with Crippen LogP contribution in [0.15, 0.2) is 30.6 Å². The van der Waals surface area contributed by atoms with E-state index >= 15 is 0 Å². The summed E-state index contributed by atoms with van der Waals surface area (Å²) in [7, 11) is 0. The highest BCUT2D eigenvalue weighted by atomic mass is 19.3. The molecule has 0 saturated carbocycles. The first-order valence-corrected chi connectivity index (χ1v) is 5.32. The van der Waals surface area contributed by atoms with Gasteiger partial charge in [0.15, 0.2) is 0 Å². The van der Waals surface area contributed by atoms with E-state index in [0.29, 0.717) is 11.1 Å². The fourth-order valence-corrected chi connectivity index (χ4v) is 1.39. The van der Waals surface area contributed by atoms with Crippen molar-refractivity contribution in [2.75, 3.05) is 0 Å². The smallest absolute Gasteiger partial charge is 0.316 e. The highest BCUT2D eigenvalue weighted by molar-refractivity contribution is 5.74. The SMILES string of the molecule is CCC(F)(F)OCc1ccc2nccnc2c1. The molecule has 0 fully saturated rings. The number of benzene rings is 1. The Morgan fingerprint density at radius 3 is 2.59 bits per heavy atom. The molecular weight excluding hydrogens is 226 g/mol. The van der Waals surface area contributed by atoms with E-state index in [9.17, 15) is 8.78 Å². The van der Waals surface area contributed by atoms with Gasteiger partial charge < -0.3 is 4.74 Å². The molecule has 0 aliphatic rings. The predicted molar refractivity (Wildman–Crippen MR) is 59.6 cm³/mol. The lowest BCUT2D eigenvalue weighted by molar-refractivity contribution is -0.246. The summed E-state index contributed by atoms with van der Waals surface area (Å²) in [5, 5.41) is 0. The molecule has 17 heavy (non-hydrogen) atoms. The number of nitrogens with zero attached hydrogens (tertiary/aromatic N) is 2. The third-order valence-electron chi connectivity index (χ3n) is 2.40. The summed E-state index contributed by atoms with van der Waals surface area (Å²) in [6.07, 6.45) is -0.255. The van der Waals surface area contributed by atoms with Crippen LogP contribution in [0, 0.1) is 0 Å². The topological polar surface area (TPSA) is 35.0 Å². The van der Waals surface area contributed by atoms with Gasteiger partial charge in [0, 0.05) is 18.8 Å². The van der Waals surface area contributed by atoms with Gasteiger partial charge in [0.2, 0.25) is 0 Å². The second-order valence-electron chi connectivity index (χ2n) is 3.66. The van der Waals surface area contributed by atoms with Gasteiger partial charge in [0.25, 0.3) is 0 Å². The Labute approximate surface area is 97.5 Å². The van der Waals surface area contributed by atoms with Gasteiger partial charge in [0.1, 0.15) is 0 Å². The van der Waals surface area contributed by atoms with Crippen LogP contribution in [-0.4, -0.2) is 16.1 Å². The molecule has 0 bridgehead atoms. The second kappa shape index (κ2) is 4.71. The molecule has 5 heteroatoms. The Bertz CT molecular complexity index is 517. The Kier molecular flexibility index (Phi) is 3.28.